The van der Waals surface area contributed by atoms with Gasteiger partial charge in [-0.1, -0.05) is 13.0 Å². The van der Waals surface area contributed by atoms with Gasteiger partial charge in [0.15, 0.2) is 5.82 Å². The molecule has 2 saturated heterocycles. The smallest absolute Gasteiger partial charge is 0.338 e. The molecule has 0 radical (unpaired) electrons. The van der Waals surface area contributed by atoms with Crippen LogP contribution in [0.25, 0.3) is 39.0 Å². The standard InChI is InChI=1S/C51H53F2N9O6S/c1-27-19-34(20-28(2)44(27)52)62-46(59-17-16-58(49(59)65)41-14-13-39-36(45(41)53)26-54-57(39)6)43-37(55-62)23-33-8-12-40(43)60(33)47(63)42-22-32-21-30(31-15-18-68-50(4,5)25-31)7-11-38(32)61(42)51(24-29(51)3)48(64)56-69(66,67)35-9-10-35/h7,11,13-14,16-17,19-22,26,29,31,33,35,40H,8-10,12,15,18,23-25H2,1-6H3,(H,56,64)/t29-,31-,33+,40-,51-/m0/s1. The average Bonchev–Trinajstić information content (AvgIpc) is 4.01. The summed E-state index contributed by atoms with van der Waals surface area (Å²) in [5.74, 6) is -1.71. The van der Waals surface area contributed by atoms with Crippen molar-refractivity contribution in [2.24, 2.45) is 13.0 Å². The molecule has 2 saturated carbocycles. The largest absolute Gasteiger partial charge is 0.376 e. The van der Waals surface area contributed by atoms with Gasteiger partial charge in [-0.25, -0.2) is 26.7 Å². The third-order valence-corrected chi connectivity index (χ3v) is 17.5. The first-order chi connectivity index (χ1) is 32.9. The van der Waals surface area contributed by atoms with Crippen molar-refractivity contribution in [3.8, 4) is 17.2 Å². The van der Waals surface area contributed by atoms with Crippen LogP contribution < -0.4 is 10.4 Å². The highest BCUT2D eigenvalue weighted by Gasteiger charge is 2.62. The number of nitrogens with one attached hydrogen (secondary N) is 1. The Labute approximate surface area is 396 Å². The number of carbonyl (C=O) groups is 2. The van der Waals surface area contributed by atoms with E-state index < -0.39 is 44.3 Å². The molecule has 7 aromatic rings. The lowest BCUT2D eigenvalue weighted by Gasteiger charge is -2.36. The molecule has 2 amide bonds. The van der Waals surface area contributed by atoms with Gasteiger partial charge in [-0.3, -0.25) is 28.1 Å². The minimum Gasteiger partial charge on any atom is -0.376 e. The van der Waals surface area contributed by atoms with E-state index in [4.69, 9.17) is 9.84 Å². The fraction of sp³-hybridized carbons (Fsp3) is 0.431. The summed E-state index contributed by atoms with van der Waals surface area (Å²) in [6, 6.07) is 13.6. The van der Waals surface area contributed by atoms with Crippen molar-refractivity contribution in [3.05, 3.63) is 123 Å². The van der Waals surface area contributed by atoms with E-state index in [9.17, 15) is 18.0 Å². The predicted octanol–water partition coefficient (Wildman–Crippen LogP) is 7.47. The quantitative estimate of drug-likeness (QED) is 0.156. The molecule has 2 aliphatic carbocycles. The fourth-order valence-corrected chi connectivity index (χ4v) is 13.3. The van der Waals surface area contributed by atoms with Crippen LogP contribution in [-0.4, -0.2) is 81.9 Å². The summed E-state index contributed by atoms with van der Waals surface area (Å²) in [7, 11) is -2.21. The number of halogens is 2. The molecule has 3 aromatic carbocycles. The first-order valence-corrected chi connectivity index (χ1v) is 25.4. The molecule has 15 nitrogen and oxygen atoms in total. The van der Waals surface area contributed by atoms with E-state index in [1.807, 2.05) is 24.0 Å². The Morgan fingerprint density at radius 1 is 0.899 bits per heavy atom. The number of carbonyl (C=O) groups excluding carboxylic acids is 2. The number of ether oxygens (including phenoxy) is 1. The van der Waals surface area contributed by atoms with Gasteiger partial charge in [-0.05, 0) is 144 Å². The van der Waals surface area contributed by atoms with Gasteiger partial charge in [-0.15, -0.1) is 0 Å². The molecule has 69 heavy (non-hydrogen) atoms. The molecule has 5 aliphatic rings. The summed E-state index contributed by atoms with van der Waals surface area (Å²) in [6.07, 6.45) is 8.90. The number of rotatable bonds is 9. The maximum absolute atomic E-state index is 16.2. The number of sulfonamides is 1. The van der Waals surface area contributed by atoms with Crippen LogP contribution in [0.15, 0.2) is 71.9 Å². The number of aryl methyl sites for hydroxylation is 3. The molecule has 3 aliphatic heterocycles. The zero-order chi connectivity index (χ0) is 48.2. The van der Waals surface area contributed by atoms with Crippen molar-refractivity contribution in [2.75, 3.05) is 6.61 Å². The highest BCUT2D eigenvalue weighted by Crippen LogP contribution is 2.55. The van der Waals surface area contributed by atoms with Crippen molar-refractivity contribution in [1.82, 2.24) is 42.9 Å². The lowest BCUT2D eigenvalue weighted by Crippen LogP contribution is -2.47. The Morgan fingerprint density at radius 2 is 1.62 bits per heavy atom. The van der Waals surface area contributed by atoms with Crippen LogP contribution >= 0.6 is 0 Å². The first kappa shape index (κ1) is 43.9. The maximum Gasteiger partial charge on any atom is 0.338 e. The van der Waals surface area contributed by atoms with Gasteiger partial charge < -0.3 is 14.2 Å². The highest BCUT2D eigenvalue weighted by atomic mass is 32.2. The SMILES string of the molecule is Cc1cc(-n2nc3c(c2-n2ccn(-c4ccc5c(cnn5C)c4F)c2=O)[C@@H]2CC[C@H](C3)N2C(=O)c2cc3cc([C@H]4CCOC(C)(C)C4)ccc3n2[C@@]2(C(=O)NS(=O)(=O)C3CC3)C[C@@H]2C)cc(C)c1F. The summed E-state index contributed by atoms with van der Waals surface area (Å²) < 4.78 is 74.2. The second-order valence-electron chi connectivity index (χ2n) is 20.8. The molecule has 4 aromatic heterocycles. The molecule has 0 spiro atoms. The van der Waals surface area contributed by atoms with Gasteiger partial charge >= 0.3 is 5.69 Å². The predicted molar refractivity (Wildman–Crippen MR) is 254 cm³/mol. The molecular formula is C51H53F2N9O6S. The van der Waals surface area contributed by atoms with Crippen molar-refractivity contribution in [1.29, 1.82) is 0 Å². The van der Waals surface area contributed by atoms with Crippen molar-refractivity contribution in [2.45, 2.75) is 120 Å². The zero-order valence-corrected chi connectivity index (χ0v) is 40.1. The summed E-state index contributed by atoms with van der Waals surface area (Å²) in [4.78, 5) is 47.1. The molecule has 0 unspecified atom stereocenters. The molecule has 5 atom stereocenters. The second-order valence-corrected chi connectivity index (χ2v) is 22.7. The zero-order valence-electron chi connectivity index (χ0n) is 39.3. The normalized spacial score (nSPS) is 24.0. The Bertz CT molecular complexity index is 3520. The molecule has 1 N–H and O–H groups in total. The molecule has 358 valence electrons. The highest BCUT2D eigenvalue weighted by molar-refractivity contribution is 7.91. The number of hydrogen-bond acceptors (Lipinski definition) is 8. The summed E-state index contributed by atoms with van der Waals surface area (Å²) in [5.41, 5.74) is 2.93. The molecular weight excluding hydrogens is 905 g/mol. The number of amides is 2. The van der Waals surface area contributed by atoms with Crippen molar-refractivity contribution >= 4 is 43.6 Å². The third kappa shape index (κ3) is 6.64. The van der Waals surface area contributed by atoms with Crippen LogP contribution in [0.5, 0.6) is 0 Å². The van der Waals surface area contributed by atoms with Crippen LogP contribution in [0.4, 0.5) is 8.78 Å². The first-order valence-electron chi connectivity index (χ1n) is 23.9. The van der Waals surface area contributed by atoms with Crippen LogP contribution in [0.2, 0.25) is 0 Å². The van der Waals surface area contributed by atoms with E-state index in [1.54, 1.807) is 59.2 Å². The van der Waals surface area contributed by atoms with Gasteiger partial charge in [0.2, 0.25) is 10.0 Å². The van der Waals surface area contributed by atoms with Crippen LogP contribution in [-0.2, 0) is 38.6 Å². The molecule has 2 bridgehead atoms. The van der Waals surface area contributed by atoms with E-state index in [0.717, 1.165) is 23.8 Å². The topological polar surface area (TPSA) is 160 Å². The minimum atomic E-state index is -3.92. The number of fused-ring (bicyclic) bond motifs is 6. The van der Waals surface area contributed by atoms with Crippen molar-refractivity contribution in [3.63, 3.8) is 0 Å². The lowest BCUT2D eigenvalue weighted by molar-refractivity contribution is -0.124. The number of imidazole rings is 1. The molecule has 12 rings (SSSR count). The Hall–Kier alpha value is -6.40. The monoisotopic (exact) mass is 957 g/mol. The molecule has 4 fully saturated rings. The number of nitrogens with zero attached hydrogens (tertiary/aromatic N) is 8. The molecule has 18 heteroatoms. The fourth-order valence-electron chi connectivity index (χ4n) is 11.9. The van der Waals surface area contributed by atoms with Gasteiger partial charge in [0, 0.05) is 55.0 Å². The van der Waals surface area contributed by atoms with E-state index >= 15 is 13.6 Å². The van der Waals surface area contributed by atoms with Gasteiger partial charge in [0.05, 0.1) is 51.1 Å². The van der Waals surface area contributed by atoms with Gasteiger partial charge in [0.25, 0.3) is 11.8 Å². The average molecular weight is 958 g/mol. The maximum atomic E-state index is 16.2. The van der Waals surface area contributed by atoms with Crippen LogP contribution in [0, 0.1) is 31.4 Å². The van der Waals surface area contributed by atoms with E-state index in [1.165, 1.54) is 27.6 Å². The third-order valence-electron chi connectivity index (χ3n) is 15.7. The summed E-state index contributed by atoms with van der Waals surface area (Å²) in [5, 5.41) is 9.73. The second kappa shape index (κ2) is 15.1. The summed E-state index contributed by atoms with van der Waals surface area (Å²) in [6.45, 7) is 10.0. The minimum absolute atomic E-state index is 0.0270. The number of benzene rings is 3. The Kier molecular flexibility index (Phi) is 9.56. The number of hydrogen-bond donors (Lipinski definition) is 1. The lowest BCUT2D eigenvalue weighted by atomic mass is 9.83. The molecule has 7 heterocycles. The van der Waals surface area contributed by atoms with E-state index in [2.05, 4.69) is 35.8 Å². The van der Waals surface area contributed by atoms with Crippen molar-refractivity contribution < 1.29 is 31.5 Å². The van der Waals surface area contributed by atoms with Crippen LogP contribution in [0.1, 0.15) is 116 Å². The number of aromatic nitrogens is 7. The Morgan fingerprint density at radius 3 is 2.33 bits per heavy atom. The van der Waals surface area contributed by atoms with Crippen LogP contribution in [0.3, 0.4) is 0 Å². The Balaban J connectivity index is 1.01. The van der Waals surface area contributed by atoms with E-state index in [0.29, 0.717) is 90.1 Å². The summed E-state index contributed by atoms with van der Waals surface area (Å²) >= 11 is 0. The van der Waals surface area contributed by atoms with E-state index in [-0.39, 0.29) is 52.0 Å². The van der Waals surface area contributed by atoms with Gasteiger partial charge in [0.1, 0.15) is 22.9 Å². The van der Waals surface area contributed by atoms with Gasteiger partial charge in [-0.2, -0.15) is 10.2 Å².